The van der Waals surface area contributed by atoms with Crippen molar-refractivity contribution in [3.63, 3.8) is 0 Å². The summed E-state index contributed by atoms with van der Waals surface area (Å²) in [5.74, 6) is 0.363. The summed E-state index contributed by atoms with van der Waals surface area (Å²) in [7, 11) is 0. The Hall–Kier alpha value is -4.07. The van der Waals surface area contributed by atoms with Gasteiger partial charge in [0.1, 0.15) is 35.5 Å². The van der Waals surface area contributed by atoms with Crippen LogP contribution in [-0.2, 0) is 4.79 Å². The molecule has 1 aliphatic heterocycles. The Morgan fingerprint density at radius 1 is 1.16 bits per heavy atom. The average molecular weight is 415 g/mol. The molecule has 2 atom stereocenters. The predicted molar refractivity (Wildman–Crippen MR) is 114 cm³/mol. The number of carbonyl (C=O) groups excluding carboxylic acids is 1. The molecule has 0 bridgehead atoms. The minimum absolute atomic E-state index is 0.274. The molecule has 154 valence electrons. The Bertz CT molecular complexity index is 1350. The molecule has 0 saturated carbocycles. The summed E-state index contributed by atoms with van der Waals surface area (Å²) < 4.78 is 22.2. The molecule has 0 radical (unpaired) electrons. The lowest BCUT2D eigenvalue weighted by Gasteiger charge is -2.31. The zero-order valence-electron chi connectivity index (χ0n) is 16.6. The number of nitrogens with zero attached hydrogens (tertiary/aromatic N) is 4. The first-order valence-corrected chi connectivity index (χ1v) is 9.73. The fraction of sp³-hybridized carbons (Fsp3) is 0.130. The highest BCUT2D eigenvalue weighted by molar-refractivity contribution is 5.90. The number of fused-ring (bicyclic) bond motifs is 2. The second-order valence-electron chi connectivity index (χ2n) is 7.30. The van der Waals surface area contributed by atoms with Gasteiger partial charge >= 0.3 is 0 Å². The van der Waals surface area contributed by atoms with E-state index in [0.717, 1.165) is 11.8 Å². The van der Waals surface area contributed by atoms with Gasteiger partial charge in [-0.1, -0.05) is 30.3 Å². The number of imidazole rings is 1. The van der Waals surface area contributed by atoms with Crippen molar-refractivity contribution in [3.8, 4) is 5.75 Å². The molecule has 2 N–H and O–H groups in total. The highest BCUT2D eigenvalue weighted by atomic mass is 19.1. The molecule has 2 aromatic carbocycles. The van der Waals surface area contributed by atoms with Gasteiger partial charge in [0, 0.05) is 11.1 Å². The van der Waals surface area contributed by atoms with E-state index in [1.807, 2.05) is 31.2 Å². The van der Waals surface area contributed by atoms with E-state index in [1.54, 1.807) is 23.0 Å². The van der Waals surface area contributed by atoms with Crippen LogP contribution in [0, 0.1) is 5.82 Å². The van der Waals surface area contributed by atoms with Gasteiger partial charge in [-0.3, -0.25) is 0 Å². The van der Waals surface area contributed by atoms with Crippen molar-refractivity contribution in [2.75, 3.05) is 5.73 Å². The third-order valence-electron chi connectivity index (χ3n) is 5.51. The van der Waals surface area contributed by atoms with E-state index >= 15 is 0 Å². The van der Waals surface area contributed by atoms with Gasteiger partial charge in [-0.25, -0.2) is 19.3 Å². The number of allylic oxidation sites excluding steroid dienone is 2. The summed E-state index contributed by atoms with van der Waals surface area (Å²) in [5, 5.41) is 0. The van der Waals surface area contributed by atoms with Crippen LogP contribution in [0.25, 0.3) is 16.7 Å². The number of rotatable bonds is 4. The molecule has 4 aromatic rings. The zero-order chi connectivity index (χ0) is 21.5. The predicted octanol–water partition coefficient (Wildman–Crippen LogP) is 3.90. The van der Waals surface area contributed by atoms with Gasteiger partial charge in [0.15, 0.2) is 11.5 Å². The second-order valence-corrected chi connectivity index (χ2v) is 7.30. The maximum atomic E-state index is 14.1. The van der Waals surface area contributed by atoms with E-state index in [2.05, 4.69) is 15.0 Å². The van der Waals surface area contributed by atoms with Crippen molar-refractivity contribution < 1.29 is 13.9 Å². The van der Waals surface area contributed by atoms with E-state index in [1.165, 1.54) is 18.5 Å². The fourth-order valence-electron chi connectivity index (χ4n) is 4.02. The molecule has 0 saturated heterocycles. The first kappa shape index (κ1) is 18.9. The summed E-state index contributed by atoms with van der Waals surface area (Å²) in [4.78, 5) is 24.9. The molecular formula is C23H18FN5O2. The van der Waals surface area contributed by atoms with Crippen LogP contribution in [0.5, 0.6) is 5.75 Å². The quantitative estimate of drug-likeness (QED) is 0.508. The minimum atomic E-state index is -0.612. The Morgan fingerprint density at radius 2 is 2.00 bits per heavy atom. The summed E-state index contributed by atoms with van der Waals surface area (Å²) in [6.07, 6.45) is 3.84. The fourth-order valence-corrected chi connectivity index (χ4v) is 4.02. The Balaban J connectivity index is 1.75. The molecule has 0 aliphatic carbocycles. The zero-order valence-corrected chi connectivity index (χ0v) is 16.6. The SMILES string of the molecule is CC(C1=C(c2cccc(F)c2)C(C=O)c2ccccc2O1)n1cnc2c(N)ncnc21. The van der Waals surface area contributed by atoms with E-state index in [-0.39, 0.29) is 5.82 Å². The molecule has 8 heteroatoms. The second kappa shape index (κ2) is 7.32. The van der Waals surface area contributed by atoms with Crippen molar-refractivity contribution in [2.45, 2.75) is 18.9 Å². The van der Waals surface area contributed by atoms with E-state index < -0.39 is 17.8 Å². The summed E-state index contributed by atoms with van der Waals surface area (Å²) in [5.41, 5.74) is 8.86. The van der Waals surface area contributed by atoms with Crippen LogP contribution in [0.15, 0.2) is 66.9 Å². The van der Waals surface area contributed by atoms with Gasteiger partial charge in [-0.05, 0) is 30.7 Å². The number of hydrogen-bond acceptors (Lipinski definition) is 6. The molecular weight excluding hydrogens is 397 g/mol. The smallest absolute Gasteiger partial charge is 0.166 e. The normalized spacial score (nSPS) is 16.6. The molecule has 7 nitrogen and oxygen atoms in total. The van der Waals surface area contributed by atoms with Crippen molar-refractivity contribution in [2.24, 2.45) is 0 Å². The number of aromatic nitrogens is 4. The number of benzene rings is 2. The lowest BCUT2D eigenvalue weighted by Crippen LogP contribution is -2.22. The number of nitrogens with two attached hydrogens (primary N) is 1. The maximum absolute atomic E-state index is 14.1. The minimum Gasteiger partial charge on any atom is -0.459 e. The van der Waals surface area contributed by atoms with Crippen molar-refractivity contribution in [1.29, 1.82) is 0 Å². The van der Waals surface area contributed by atoms with E-state index in [0.29, 0.717) is 33.8 Å². The highest BCUT2D eigenvalue weighted by Crippen LogP contribution is 2.46. The Morgan fingerprint density at radius 3 is 2.81 bits per heavy atom. The van der Waals surface area contributed by atoms with Gasteiger partial charge in [-0.2, -0.15) is 0 Å². The van der Waals surface area contributed by atoms with Crippen molar-refractivity contribution >= 4 is 28.8 Å². The molecule has 1 aliphatic rings. The maximum Gasteiger partial charge on any atom is 0.166 e. The number of nitrogen functional groups attached to an aromatic ring is 1. The molecule has 0 spiro atoms. The number of carbonyl (C=O) groups is 1. The van der Waals surface area contributed by atoms with E-state index in [4.69, 9.17) is 10.5 Å². The van der Waals surface area contributed by atoms with Gasteiger partial charge < -0.3 is 19.8 Å². The molecule has 5 rings (SSSR count). The van der Waals surface area contributed by atoms with Gasteiger partial charge in [0.2, 0.25) is 0 Å². The number of halogens is 1. The summed E-state index contributed by atoms with van der Waals surface area (Å²) in [6.45, 7) is 1.91. The first-order valence-electron chi connectivity index (χ1n) is 9.73. The third kappa shape index (κ3) is 3.04. The lowest BCUT2D eigenvalue weighted by atomic mass is 9.83. The lowest BCUT2D eigenvalue weighted by molar-refractivity contribution is -0.108. The van der Waals surface area contributed by atoms with Gasteiger partial charge in [0.05, 0.1) is 18.3 Å². The summed E-state index contributed by atoms with van der Waals surface area (Å²) in [6, 6.07) is 13.1. The number of anilines is 1. The standard InChI is InChI=1S/C23H18FN5O2/c1-13(29-12-28-20-22(25)26-11-27-23(20)29)21-19(14-5-4-6-15(24)9-14)17(10-30)16-7-2-3-8-18(16)31-21/h2-13,17H,1H3,(H2,25,26,27). The molecule has 2 unspecified atom stereocenters. The van der Waals surface area contributed by atoms with Gasteiger partial charge in [0.25, 0.3) is 0 Å². The van der Waals surface area contributed by atoms with Gasteiger partial charge in [-0.15, -0.1) is 0 Å². The van der Waals surface area contributed by atoms with Crippen LogP contribution in [0.4, 0.5) is 10.2 Å². The van der Waals surface area contributed by atoms with Crippen molar-refractivity contribution in [1.82, 2.24) is 19.5 Å². The molecule has 0 amide bonds. The number of para-hydroxylation sites is 1. The Labute approximate surface area is 177 Å². The van der Waals surface area contributed by atoms with Crippen LogP contribution in [0.3, 0.4) is 0 Å². The van der Waals surface area contributed by atoms with Crippen LogP contribution >= 0.6 is 0 Å². The number of ether oxygens (including phenoxy) is 1. The van der Waals surface area contributed by atoms with Crippen LogP contribution in [0.2, 0.25) is 0 Å². The van der Waals surface area contributed by atoms with Crippen LogP contribution in [0.1, 0.15) is 30.0 Å². The Kier molecular flexibility index (Phi) is 4.47. The first-order chi connectivity index (χ1) is 15.1. The molecule has 31 heavy (non-hydrogen) atoms. The average Bonchev–Trinajstić information content (AvgIpc) is 3.22. The third-order valence-corrected chi connectivity index (χ3v) is 5.51. The van der Waals surface area contributed by atoms with Crippen LogP contribution in [-0.4, -0.2) is 25.8 Å². The van der Waals surface area contributed by atoms with E-state index in [9.17, 15) is 9.18 Å². The monoisotopic (exact) mass is 415 g/mol. The topological polar surface area (TPSA) is 95.9 Å². The number of hydrogen-bond donors (Lipinski definition) is 1. The van der Waals surface area contributed by atoms with Crippen molar-refractivity contribution in [3.05, 3.63) is 83.9 Å². The molecule has 2 aromatic heterocycles. The largest absolute Gasteiger partial charge is 0.459 e. The summed E-state index contributed by atoms with van der Waals surface area (Å²) >= 11 is 0. The molecule has 0 fully saturated rings. The van der Waals surface area contributed by atoms with Crippen LogP contribution < -0.4 is 10.5 Å². The molecule has 3 heterocycles. The highest BCUT2D eigenvalue weighted by Gasteiger charge is 2.34. The number of aldehydes is 1.